The van der Waals surface area contributed by atoms with E-state index in [1.165, 1.54) is 0 Å². The molecule has 0 aliphatic rings. The first kappa shape index (κ1) is 5.24. The van der Waals surface area contributed by atoms with Gasteiger partial charge in [-0.2, -0.15) is 0 Å². The zero-order valence-electron chi connectivity index (χ0n) is 15.7. The molecule has 3 aromatic carbocycles. The van der Waals surface area contributed by atoms with Crippen molar-refractivity contribution < 1.29 is 9.60 Å². The molecule has 0 unspecified atom stereocenters. The molecule has 82 valence electrons. The van der Waals surface area contributed by atoms with E-state index < -0.39 is 18.1 Å². The van der Waals surface area contributed by atoms with E-state index in [1.54, 1.807) is 24.3 Å². The molecule has 1 heteroatoms. The average Bonchev–Trinajstić information content (AvgIpc) is 2.56. The minimum atomic E-state index is -0.473. The highest BCUT2D eigenvalue weighted by atomic mass is 35.5. The van der Waals surface area contributed by atoms with Crippen LogP contribution >= 0.6 is 11.6 Å². The van der Waals surface area contributed by atoms with Gasteiger partial charge in [0.15, 0.2) is 0 Å². The number of hydrogen-bond donors (Lipinski definition) is 0. The first-order valence-electron chi connectivity index (χ1n) is 8.51. The molecule has 0 fully saturated rings. The van der Waals surface area contributed by atoms with Crippen LogP contribution in [0.15, 0.2) is 66.6 Å². The monoisotopic (exact) mass is 245 g/mol. The van der Waals surface area contributed by atoms with Crippen molar-refractivity contribution >= 4 is 22.4 Å². The van der Waals surface area contributed by atoms with Gasteiger partial charge in [-0.15, -0.1) is 0 Å². The summed E-state index contributed by atoms with van der Waals surface area (Å²) in [4.78, 5) is 0. The van der Waals surface area contributed by atoms with Crippen molar-refractivity contribution in [2.45, 2.75) is 0 Å². The highest BCUT2D eigenvalue weighted by Gasteiger charge is 1.99. The van der Waals surface area contributed by atoms with Crippen molar-refractivity contribution in [3.63, 3.8) is 0 Å². The lowest BCUT2D eigenvalue weighted by Crippen LogP contribution is -1.78. The predicted molar refractivity (Wildman–Crippen MR) is 74.4 cm³/mol. The summed E-state index contributed by atoms with van der Waals surface area (Å²) < 4.78 is 56.3. The predicted octanol–water partition coefficient (Wildman–Crippen LogP) is 5.16. The van der Waals surface area contributed by atoms with Crippen LogP contribution < -0.4 is 0 Å². The molecule has 3 rings (SSSR count). The van der Waals surface area contributed by atoms with E-state index in [-0.39, 0.29) is 40.5 Å². The minimum Gasteiger partial charge on any atom is -0.0843 e. The molecular weight excluding hydrogens is 228 g/mol. The summed E-state index contributed by atoms with van der Waals surface area (Å²) in [7, 11) is 0. The Bertz CT molecular complexity index is 981. The third kappa shape index (κ3) is 2.04. The molecule has 0 saturated heterocycles. The maximum Gasteiger partial charge on any atom is 0.0636 e. The van der Waals surface area contributed by atoms with Gasteiger partial charge in [0.1, 0.15) is 0 Å². The maximum atomic E-state index is 8.39. The van der Waals surface area contributed by atoms with Crippen molar-refractivity contribution in [1.29, 1.82) is 0 Å². The van der Waals surface area contributed by atoms with Gasteiger partial charge in [0.05, 0.1) is 9.60 Å². The Morgan fingerprint density at radius 3 is 2.24 bits per heavy atom. The first-order chi connectivity index (χ1) is 11.3. The normalized spacial score (nSPS) is 16.4. The van der Waals surface area contributed by atoms with E-state index in [4.69, 9.17) is 21.2 Å². The zero-order valence-corrected chi connectivity index (χ0v) is 9.44. The Hall–Kier alpha value is -1.79. The zero-order chi connectivity index (χ0) is 17.8. The van der Waals surface area contributed by atoms with Crippen LogP contribution in [0.5, 0.6) is 0 Å². The first-order valence-corrected chi connectivity index (χ1v) is 5.39. The lowest BCUT2D eigenvalue weighted by molar-refractivity contribution is 1.64. The Kier molecular flexibility index (Phi) is 1.30. The highest BCUT2D eigenvalue weighted by molar-refractivity contribution is 6.30. The molecule has 0 aliphatic heterocycles. The van der Waals surface area contributed by atoms with Gasteiger partial charge in [0, 0.05) is 5.02 Å². The van der Waals surface area contributed by atoms with Gasteiger partial charge in [-0.3, -0.25) is 0 Å². The van der Waals surface area contributed by atoms with E-state index in [9.17, 15) is 0 Å². The second-order valence-corrected chi connectivity index (χ2v) is 3.94. The van der Waals surface area contributed by atoms with Crippen LogP contribution in [0.4, 0.5) is 0 Å². The van der Waals surface area contributed by atoms with Gasteiger partial charge in [-0.05, 0) is 40.1 Å². The topological polar surface area (TPSA) is 0 Å². The number of fused-ring (bicyclic) bond motifs is 1. The van der Waals surface area contributed by atoms with E-state index in [2.05, 4.69) is 0 Å². The van der Waals surface area contributed by atoms with Crippen LogP contribution in [0.1, 0.15) is 9.60 Å². The van der Waals surface area contributed by atoms with Crippen LogP contribution in [-0.2, 0) is 0 Å². The summed E-state index contributed by atoms with van der Waals surface area (Å²) in [6, 6.07) is 3.96. The van der Waals surface area contributed by atoms with Crippen LogP contribution in [-0.4, -0.2) is 0 Å². The standard InChI is InChI=1S/C16H11Cl/c17-16-9-7-13(8-10-16)15-6-5-12-3-1-2-4-14(12)11-15/h1-11H/i1D,2D,3D,4D,5D,6D,11D. The molecule has 0 bridgehead atoms. The maximum absolute atomic E-state index is 8.39. The second-order valence-electron chi connectivity index (χ2n) is 3.51. The van der Waals surface area contributed by atoms with Gasteiger partial charge in [-0.25, -0.2) is 0 Å². The third-order valence-electron chi connectivity index (χ3n) is 2.38. The molecule has 0 saturated carbocycles. The summed E-state index contributed by atoms with van der Waals surface area (Å²) >= 11 is 5.86. The number of halogens is 1. The van der Waals surface area contributed by atoms with Crippen LogP contribution in [0, 0.1) is 0 Å². The molecule has 0 amide bonds. The molecule has 0 aliphatic carbocycles. The smallest absolute Gasteiger partial charge is 0.0636 e. The summed E-state index contributed by atoms with van der Waals surface area (Å²) in [5, 5.41) is 0.339. The fourth-order valence-electron chi connectivity index (χ4n) is 1.54. The summed E-state index contributed by atoms with van der Waals surface area (Å²) in [6.45, 7) is 0. The fourth-order valence-corrected chi connectivity index (χ4v) is 1.67. The lowest BCUT2D eigenvalue weighted by atomic mass is 10.0. The molecule has 0 nitrogen and oxygen atoms in total. The Balaban J connectivity index is 2.53. The van der Waals surface area contributed by atoms with E-state index in [0.717, 1.165) is 0 Å². The SMILES string of the molecule is [2H]c1c([2H])c([2H])c2c([2H])c(-c3ccc(Cl)cc3)c([2H])c([2H])c2c1[2H]. The number of hydrogen-bond acceptors (Lipinski definition) is 0. The number of benzene rings is 3. The molecule has 0 atom stereocenters. The number of rotatable bonds is 1. The van der Waals surface area contributed by atoms with E-state index >= 15 is 0 Å². The van der Waals surface area contributed by atoms with Crippen molar-refractivity contribution in [2.75, 3.05) is 0 Å². The van der Waals surface area contributed by atoms with Crippen LogP contribution in [0.25, 0.3) is 21.9 Å². The van der Waals surface area contributed by atoms with E-state index in [1.807, 2.05) is 0 Å². The summed E-state index contributed by atoms with van der Waals surface area (Å²) in [5.41, 5.74) is 0.645. The molecular formula is C16H11Cl. The molecule has 0 radical (unpaired) electrons. The molecule has 0 spiro atoms. The fraction of sp³-hybridized carbons (Fsp3) is 0. The molecule has 0 N–H and O–H groups in total. The average molecular weight is 246 g/mol. The van der Waals surface area contributed by atoms with Crippen LogP contribution in [0.2, 0.25) is 5.02 Å². The van der Waals surface area contributed by atoms with Gasteiger partial charge in [-0.1, -0.05) is 60.0 Å². The molecule has 3 aromatic rings. The summed E-state index contributed by atoms with van der Waals surface area (Å²) in [5.74, 6) is 0. The van der Waals surface area contributed by atoms with Crippen molar-refractivity contribution in [3.05, 3.63) is 71.6 Å². The highest BCUT2D eigenvalue weighted by Crippen LogP contribution is 2.25. The molecule has 0 heterocycles. The Morgan fingerprint density at radius 1 is 0.765 bits per heavy atom. The van der Waals surface area contributed by atoms with Gasteiger partial charge in [0.25, 0.3) is 0 Å². The molecule has 17 heavy (non-hydrogen) atoms. The van der Waals surface area contributed by atoms with E-state index in [0.29, 0.717) is 10.6 Å². The Labute approximate surface area is 115 Å². The van der Waals surface area contributed by atoms with Gasteiger partial charge in [0.2, 0.25) is 0 Å². The quantitative estimate of drug-likeness (QED) is 0.556. The van der Waals surface area contributed by atoms with Gasteiger partial charge >= 0.3 is 0 Å². The summed E-state index contributed by atoms with van der Waals surface area (Å²) in [6.07, 6.45) is 0. The van der Waals surface area contributed by atoms with Crippen molar-refractivity contribution in [1.82, 2.24) is 0 Å². The molecule has 0 aromatic heterocycles. The Morgan fingerprint density at radius 2 is 1.47 bits per heavy atom. The van der Waals surface area contributed by atoms with Crippen molar-refractivity contribution in [2.24, 2.45) is 0 Å². The second kappa shape index (κ2) is 4.23. The lowest BCUT2D eigenvalue weighted by Gasteiger charge is -2.04. The van der Waals surface area contributed by atoms with Gasteiger partial charge < -0.3 is 0 Å². The third-order valence-corrected chi connectivity index (χ3v) is 2.63. The largest absolute Gasteiger partial charge is 0.0843 e. The van der Waals surface area contributed by atoms with Crippen LogP contribution in [0.3, 0.4) is 0 Å². The minimum absolute atomic E-state index is 0.0491. The van der Waals surface area contributed by atoms with Crippen molar-refractivity contribution in [3.8, 4) is 11.1 Å².